The van der Waals surface area contributed by atoms with Crippen molar-refractivity contribution < 1.29 is 23.9 Å². The van der Waals surface area contributed by atoms with E-state index in [1.54, 1.807) is 29.2 Å². The summed E-state index contributed by atoms with van der Waals surface area (Å²) in [5, 5.41) is 8.38. The second kappa shape index (κ2) is 12.0. The van der Waals surface area contributed by atoms with Gasteiger partial charge in [-0.2, -0.15) is 0 Å². The number of ether oxygens (including phenoxy) is 1. The molecule has 1 aromatic rings. The lowest BCUT2D eigenvalue weighted by Gasteiger charge is -2.33. The van der Waals surface area contributed by atoms with Gasteiger partial charge in [0.05, 0.1) is 19.6 Å². The molecule has 1 fully saturated rings. The molecule has 0 radical (unpaired) electrons. The smallest absolute Gasteiger partial charge is 0.307 e. The van der Waals surface area contributed by atoms with Crippen LogP contribution in [0.5, 0.6) is 0 Å². The van der Waals surface area contributed by atoms with Gasteiger partial charge in [-0.1, -0.05) is 19.9 Å². The Morgan fingerprint density at radius 1 is 1.29 bits per heavy atom. The van der Waals surface area contributed by atoms with Gasteiger partial charge in [0.2, 0.25) is 11.8 Å². The number of hydrogen-bond donors (Lipinski definition) is 3. The Kier molecular flexibility index (Phi) is 9.45. The quantitative estimate of drug-likeness (QED) is 0.480. The molecule has 0 aromatic heterocycles. The molecule has 2 rings (SSSR count). The molecule has 1 aliphatic heterocycles. The van der Waals surface area contributed by atoms with Crippen molar-refractivity contribution in [2.75, 3.05) is 31.6 Å². The minimum absolute atomic E-state index is 0.0527. The fraction of sp³-hybridized carbons (Fsp3) is 0.545. The van der Waals surface area contributed by atoms with E-state index < -0.39 is 12.0 Å². The summed E-state index contributed by atoms with van der Waals surface area (Å²) in [5.74, 6) is -1.30. The maximum absolute atomic E-state index is 12.6. The molecule has 1 aliphatic rings. The van der Waals surface area contributed by atoms with E-state index in [4.69, 9.17) is 4.74 Å². The van der Waals surface area contributed by atoms with Crippen molar-refractivity contribution in [3.63, 3.8) is 0 Å². The third-order valence-corrected chi connectivity index (χ3v) is 5.01. The zero-order valence-electron chi connectivity index (χ0n) is 18.4. The highest BCUT2D eigenvalue weighted by atomic mass is 16.5. The van der Waals surface area contributed by atoms with E-state index in [2.05, 4.69) is 16.0 Å². The molecule has 0 saturated carbocycles. The van der Waals surface area contributed by atoms with Gasteiger partial charge in [0, 0.05) is 30.4 Å². The fourth-order valence-corrected chi connectivity index (χ4v) is 3.14. The van der Waals surface area contributed by atoms with Crippen LogP contribution in [0.25, 0.3) is 0 Å². The van der Waals surface area contributed by atoms with Crippen LogP contribution in [0.2, 0.25) is 0 Å². The Morgan fingerprint density at radius 2 is 2.06 bits per heavy atom. The highest BCUT2D eigenvalue weighted by Crippen LogP contribution is 2.13. The Morgan fingerprint density at radius 3 is 2.77 bits per heavy atom. The lowest BCUT2D eigenvalue weighted by atomic mass is 10.1. The topological polar surface area (TPSA) is 117 Å². The van der Waals surface area contributed by atoms with Crippen LogP contribution >= 0.6 is 0 Å². The molecular weight excluding hydrogens is 400 g/mol. The van der Waals surface area contributed by atoms with Crippen LogP contribution in [0, 0.1) is 0 Å². The number of rotatable bonds is 10. The van der Waals surface area contributed by atoms with E-state index in [1.165, 1.54) is 0 Å². The Labute approximate surface area is 182 Å². The molecule has 0 bridgehead atoms. The van der Waals surface area contributed by atoms with Crippen molar-refractivity contribution in [2.24, 2.45) is 0 Å². The third kappa shape index (κ3) is 7.67. The van der Waals surface area contributed by atoms with Crippen molar-refractivity contribution in [2.45, 2.75) is 52.1 Å². The van der Waals surface area contributed by atoms with E-state index in [-0.39, 0.29) is 36.7 Å². The minimum atomic E-state index is -0.753. The van der Waals surface area contributed by atoms with Crippen LogP contribution in [0.3, 0.4) is 0 Å². The molecule has 3 amide bonds. The Balaban J connectivity index is 1.98. The second-order valence-corrected chi connectivity index (χ2v) is 7.61. The summed E-state index contributed by atoms with van der Waals surface area (Å²) in [6.07, 6.45) is 1.41. The SMILES string of the molecule is CCCOC(=O)CC1C(=O)NCCN1CC(=O)Nc1cccc(C(=O)NC(C)CC)c1. The maximum Gasteiger partial charge on any atom is 0.307 e. The van der Waals surface area contributed by atoms with Gasteiger partial charge in [0.25, 0.3) is 5.91 Å². The Hall–Kier alpha value is -2.94. The Bertz CT molecular complexity index is 798. The number of nitrogens with zero attached hydrogens (tertiary/aromatic N) is 1. The van der Waals surface area contributed by atoms with E-state index >= 15 is 0 Å². The van der Waals surface area contributed by atoms with Crippen molar-refractivity contribution in [3.8, 4) is 0 Å². The summed E-state index contributed by atoms with van der Waals surface area (Å²) in [4.78, 5) is 50.8. The van der Waals surface area contributed by atoms with Gasteiger partial charge < -0.3 is 20.7 Å². The third-order valence-electron chi connectivity index (χ3n) is 5.01. The molecule has 9 heteroatoms. The van der Waals surface area contributed by atoms with Crippen LogP contribution in [0.1, 0.15) is 50.4 Å². The van der Waals surface area contributed by atoms with Crippen molar-refractivity contribution in [1.29, 1.82) is 0 Å². The van der Waals surface area contributed by atoms with Gasteiger partial charge in [-0.25, -0.2) is 0 Å². The van der Waals surface area contributed by atoms with Gasteiger partial charge in [0.1, 0.15) is 6.04 Å². The second-order valence-electron chi connectivity index (χ2n) is 7.61. The van der Waals surface area contributed by atoms with Gasteiger partial charge in [-0.3, -0.25) is 24.1 Å². The number of piperazine rings is 1. The number of nitrogens with one attached hydrogen (secondary N) is 3. The lowest BCUT2D eigenvalue weighted by molar-refractivity contribution is -0.148. The number of amides is 3. The van der Waals surface area contributed by atoms with Crippen molar-refractivity contribution in [1.82, 2.24) is 15.5 Å². The van der Waals surface area contributed by atoms with E-state index in [0.29, 0.717) is 37.4 Å². The van der Waals surface area contributed by atoms with Gasteiger partial charge in [-0.15, -0.1) is 0 Å². The van der Waals surface area contributed by atoms with Crippen LogP contribution < -0.4 is 16.0 Å². The molecule has 170 valence electrons. The molecular formula is C22H32N4O5. The summed E-state index contributed by atoms with van der Waals surface area (Å²) >= 11 is 0. The van der Waals surface area contributed by atoms with E-state index in [9.17, 15) is 19.2 Å². The zero-order valence-corrected chi connectivity index (χ0v) is 18.4. The molecule has 1 aromatic carbocycles. The van der Waals surface area contributed by atoms with Gasteiger partial charge in [-0.05, 0) is 38.0 Å². The normalized spacial score (nSPS) is 17.4. The van der Waals surface area contributed by atoms with Crippen LogP contribution in [-0.2, 0) is 19.1 Å². The van der Waals surface area contributed by atoms with E-state index in [0.717, 1.165) is 6.42 Å². The predicted molar refractivity (Wildman–Crippen MR) is 117 cm³/mol. The molecule has 3 N–H and O–H groups in total. The number of hydrogen-bond acceptors (Lipinski definition) is 6. The molecule has 1 saturated heterocycles. The monoisotopic (exact) mass is 432 g/mol. The number of benzene rings is 1. The molecule has 0 spiro atoms. The summed E-state index contributed by atoms with van der Waals surface area (Å²) in [6.45, 7) is 6.89. The largest absolute Gasteiger partial charge is 0.466 e. The molecule has 2 unspecified atom stereocenters. The first-order chi connectivity index (χ1) is 14.8. The average molecular weight is 433 g/mol. The van der Waals surface area contributed by atoms with Crippen LogP contribution in [0.4, 0.5) is 5.69 Å². The van der Waals surface area contributed by atoms with Gasteiger partial charge >= 0.3 is 5.97 Å². The van der Waals surface area contributed by atoms with Crippen molar-refractivity contribution in [3.05, 3.63) is 29.8 Å². The molecule has 2 atom stereocenters. The molecule has 1 heterocycles. The molecule has 31 heavy (non-hydrogen) atoms. The number of esters is 1. The fourth-order valence-electron chi connectivity index (χ4n) is 3.14. The number of carbonyl (C=O) groups is 4. The first-order valence-electron chi connectivity index (χ1n) is 10.7. The maximum atomic E-state index is 12.6. The van der Waals surface area contributed by atoms with Crippen molar-refractivity contribution >= 4 is 29.4 Å². The lowest BCUT2D eigenvalue weighted by Crippen LogP contribution is -2.57. The summed E-state index contributed by atoms with van der Waals surface area (Å²) in [5.41, 5.74) is 0.939. The highest BCUT2D eigenvalue weighted by Gasteiger charge is 2.33. The number of carbonyl (C=O) groups excluding carboxylic acids is 4. The van der Waals surface area contributed by atoms with Crippen LogP contribution in [0.15, 0.2) is 24.3 Å². The molecule has 0 aliphatic carbocycles. The first-order valence-corrected chi connectivity index (χ1v) is 10.7. The van der Waals surface area contributed by atoms with Crippen LogP contribution in [-0.4, -0.2) is 66.9 Å². The standard InChI is InChI=1S/C22H32N4O5/c1-4-11-31-20(28)13-18-22(30)23-9-10-26(18)14-19(27)25-17-8-6-7-16(12-17)21(29)24-15(3)5-2/h6-8,12,15,18H,4-5,9-11,13-14H2,1-3H3,(H,23,30)(H,24,29)(H,25,27). The minimum Gasteiger partial charge on any atom is -0.466 e. The predicted octanol–water partition coefficient (Wildman–Crippen LogP) is 1.30. The molecule has 9 nitrogen and oxygen atoms in total. The summed E-state index contributed by atoms with van der Waals surface area (Å²) < 4.78 is 5.08. The summed E-state index contributed by atoms with van der Waals surface area (Å²) in [7, 11) is 0. The summed E-state index contributed by atoms with van der Waals surface area (Å²) in [6, 6.07) is 5.98. The van der Waals surface area contributed by atoms with Gasteiger partial charge in [0.15, 0.2) is 0 Å². The first kappa shape index (κ1) is 24.3. The van der Waals surface area contributed by atoms with E-state index in [1.807, 2.05) is 20.8 Å². The number of anilines is 1. The zero-order chi connectivity index (χ0) is 22.8. The average Bonchev–Trinajstić information content (AvgIpc) is 2.74. The highest BCUT2D eigenvalue weighted by molar-refractivity contribution is 5.98.